The normalized spacial score (nSPS) is 13.9. The van der Waals surface area contributed by atoms with Gasteiger partial charge < -0.3 is 25.1 Å². The van der Waals surface area contributed by atoms with Gasteiger partial charge in [0.1, 0.15) is 0 Å². The molecule has 0 radical (unpaired) electrons. The zero-order chi connectivity index (χ0) is 13.7. The van der Waals surface area contributed by atoms with Gasteiger partial charge in [0.2, 0.25) is 5.75 Å². The quantitative estimate of drug-likeness (QED) is 0.805. The van der Waals surface area contributed by atoms with E-state index in [0.29, 0.717) is 23.7 Å². The second-order valence-corrected chi connectivity index (χ2v) is 3.96. The predicted octanol–water partition coefficient (Wildman–Crippen LogP) is 1.48. The summed E-state index contributed by atoms with van der Waals surface area (Å²) >= 11 is 0. The molecule has 102 valence electrons. The van der Waals surface area contributed by atoms with Gasteiger partial charge in [0, 0.05) is 0 Å². The lowest BCUT2D eigenvalue weighted by Crippen LogP contribution is -2.25. The van der Waals surface area contributed by atoms with Gasteiger partial charge in [-0.25, -0.2) is 0 Å². The number of ether oxygens (including phenoxy) is 3. The highest BCUT2D eigenvalue weighted by molar-refractivity contribution is 5.54. The lowest BCUT2D eigenvalue weighted by Gasteiger charge is -2.20. The molecule has 0 saturated carbocycles. The van der Waals surface area contributed by atoms with E-state index in [4.69, 9.17) is 19.9 Å². The van der Waals surface area contributed by atoms with Crippen LogP contribution in [0.25, 0.3) is 0 Å². The van der Waals surface area contributed by atoms with Crippen LogP contribution in [0.1, 0.15) is 24.9 Å². The fourth-order valence-corrected chi connectivity index (χ4v) is 1.77. The minimum Gasteiger partial charge on any atom is -0.493 e. The number of methoxy groups -OCH3 is 3. The first-order valence-electron chi connectivity index (χ1n) is 5.82. The molecule has 0 aliphatic carbocycles. The third kappa shape index (κ3) is 2.86. The Labute approximate surface area is 107 Å². The van der Waals surface area contributed by atoms with Gasteiger partial charge in [-0.1, -0.05) is 6.92 Å². The average Bonchev–Trinajstić information content (AvgIpc) is 2.43. The zero-order valence-electron chi connectivity index (χ0n) is 11.3. The Morgan fingerprint density at radius 3 is 1.94 bits per heavy atom. The highest BCUT2D eigenvalue weighted by Gasteiger charge is 2.20. The van der Waals surface area contributed by atoms with Crippen molar-refractivity contribution < 1.29 is 19.3 Å². The van der Waals surface area contributed by atoms with Gasteiger partial charge >= 0.3 is 0 Å². The minimum absolute atomic E-state index is 0.483. The Balaban J connectivity index is 3.22. The van der Waals surface area contributed by atoms with Crippen molar-refractivity contribution in [2.24, 2.45) is 5.73 Å². The fraction of sp³-hybridized carbons (Fsp3) is 0.538. The molecule has 0 bridgehead atoms. The fourth-order valence-electron chi connectivity index (χ4n) is 1.77. The standard InChI is InChI=1S/C13H21NO4/c1-5-9(15)12(14)8-6-10(16-2)13(18-4)11(7-8)17-3/h6-7,9,12,15H,5,14H2,1-4H3/t9-,12+/m1/s1. The molecule has 0 aromatic heterocycles. The molecule has 0 amide bonds. The van der Waals surface area contributed by atoms with Crippen LogP contribution in [0.5, 0.6) is 17.2 Å². The largest absolute Gasteiger partial charge is 0.493 e. The molecule has 0 aliphatic rings. The van der Waals surface area contributed by atoms with Crippen molar-refractivity contribution in [3.8, 4) is 17.2 Å². The van der Waals surface area contributed by atoms with Crippen molar-refractivity contribution in [1.29, 1.82) is 0 Å². The van der Waals surface area contributed by atoms with Gasteiger partial charge in [-0.2, -0.15) is 0 Å². The molecule has 1 rings (SSSR count). The summed E-state index contributed by atoms with van der Waals surface area (Å²) in [5, 5.41) is 9.80. The highest BCUT2D eigenvalue weighted by atomic mass is 16.5. The molecule has 1 aromatic carbocycles. The Morgan fingerprint density at radius 2 is 1.61 bits per heavy atom. The molecule has 0 heterocycles. The van der Waals surface area contributed by atoms with E-state index in [0.717, 1.165) is 5.56 Å². The van der Waals surface area contributed by atoms with Crippen LogP contribution in [0.2, 0.25) is 0 Å². The number of nitrogens with two attached hydrogens (primary N) is 1. The SMILES string of the molecule is CC[C@@H](O)[C@@H](N)c1cc(OC)c(OC)c(OC)c1. The molecule has 3 N–H and O–H groups in total. The van der Waals surface area contributed by atoms with E-state index in [1.165, 1.54) is 0 Å². The molecule has 0 aliphatic heterocycles. The van der Waals surface area contributed by atoms with Crippen molar-refractivity contribution in [3.05, 3.63) is 17.7 Å². The van der Waals surface area contributed by atoms with Crippen LogP contribution in [0.15, 0.2) is 12.1 Å². The van der Waals surface area contributed by atoms with Crippen LogP contribution < -0.4 is 19.9 Å². The van der Waals surface area contributed by atoms with E-state index in [2.05, 4.69) is 0 Å². The number of benzene rings is 1. The van der Waals surface area contributed by atoms with Crippen molar-refractivity contribution in [3.63, 3.8) is 0 Å². The molecule has 0 saturated heterocycles. The van der Waals surface area contributed by atoms with E-state index in [1.54, 1.807) is 33.5 Å². The van der Waals surface area contributed by atoms with Crippen molar-refractivity contribution >= 4 is 0 Å². The number of aliphatic hydroxyl groups excluding tert-OH is 1. The maximum atomic E-state index is 9.80. The summed E-state index contributed by atoms with van der Waals surface area (Å²) in [7, 11) is 4.63. The van der Waals surface area contributed by atoms with Gasteiger partial charge in [0.15, 0.2) is 11.5 Å². The van der Waals surface area contributed by atoms with Crippen molar-refractivity contribution in [2.45, 2.75) is 25.5 Å². The van der Waals surface area contributed by atoms with Crippen molar-refractivity contribution in [1.82, 2.24) is 0 Å². The summed E-state index contributed by atoms with van der Waals surface area (Å²) in [6.45, 7) is 1.88. The Hall–Kier alpha value is -1.46. The van der Waals surface area contributed by atoms with Crippen LogP contribution in [0, 0.1) is 0 Å². The first-order valence-corrected chi connectivity index (χ1v) is 5.82. The number of hydrogen-bond acceptors (Lipinski definition) is 5. The average molecular weight is 255 g/mol. The van der Waals surface area contributed by atoms with Gasteiger partial charge in [-0.3, -0.25) is 0 Å². The summed E-state index contributed by atoms with van der Waals surface area (Å²) in [5.74, 6) is 1.58. The first kappa shape index (κ1) is 14.6. The van der Waals surface area contributed by atoms with Gasteiger partial charge in [-0.05, 0) is 24.1 Å². The maximum Gasteiger partial charge on any atom is 0.203 e. The monoisotopic (exact) mass is 255 g/mol. The summed E-state index contributed by atoms with van der Waals surface area (Å²) in [6, 6.07) is 3.03. The Bertz CT molecular complexity index is 370. The molecule has 0 fully saturated rings. The third-order valence-electron chi connectivity index (χ3n) is 2.90. The topological polar surface area (TPSA) is 73.9 Å². The van der Waals surface area contributed by atoms with E-state index in [1.807, 2.05) is 6.92 Å². The molecule has 5 nitrogen and oxygen atoms in total. The van der Waals surface area contributed by atoms with Crippen LogP contribution in [-0.4, -0.2) is 32.5 Å². The van der Waals surface area contributed by atoms with Crippen LogP contribution in [-0.2, 0) is 0 Å². The molecule has 2 atom stereocenters. The molecule has 1 aromatic rings. The lowest BCUT2D eigenvalue weighted by molar-refractivity contribution is 0.140. The summed E-state index contributed by atoms with van der Waals surface area (Å²) in [5.41, 5.74) is 6.73. The second kappa shape index (κ2) is 6.47. The van der Waals surface area contributed by atoms with Crippen LogP contribution >= 0.6 is 0 Å². The molecule has 18 heavy (non-hydrogen) atoms. The second-order valence-electron chi connectivity index (χ2n) is 3.96. The lowest BCUT2D eigenvalue weighted by atomic mass is 10.00. The molecule has 0 unspecified atom stereocenters. The summed E-state index contributed by atoms with van der Waals surface area (Å²) in [4.78, 5) is 0. The zero-order valence-corrected chi connectivity index (χ0v) is 11.3. The number of aliphatic hydroxyl groups is 1. The van der Waals surface area contributed by atoms with Crippen LogP contribution in [0.3, 0.4) is 0 Å². The predicted molar refractivity (Wildman–Crippen MR) is 69.3 cm³/mol. The van der Waals surface area contributed by atoms with Gasteiger partial charge in [0.05, 0.1) is 33.5 Å². The number of hydrogen-bond donors (Lipinski definition) is 2. The number of rotatable bonds is 6. The maximum absolute atomic E-state index is 9.80. The van der Waals surface area contributed by atoms with E-state index < -0.39 is 12.1 Å². The molecule has 5 heteroatoms. The smallest absolute Gasteiger partial charge is 0.203 e. The summed E-state index contributed by atoms with van der Waals surface area (Å²) in [6.07, 6.45) is -0.0227. The Kier molecular flexibility index (Phi) is 5.25. The van der Waals surface area contributed by atoms with E-state index in [-0.39, 0.29) is 0 Å². The molecular weight excluding hydrogens is 234 g/mol. The summed E-state index contributed by atoms with van der Waals surface area (Å²) < 4.78 is 15.7. The van der Waals surface area contributed by atoms with E-state index >= 15 is 0 Å². The minimum atomic E-state index is -0.604. The van der Waals surface area contributed by atoms with Gasteiger partial charge in [-0.15, -0.1) is 0 Å². The molecule has 0 spiro atoms. The Morgan fingerprint density at radius 1 is 1.11 bits per heavy atom. The van der Waals surface area contributed by atoms with Crippen LogP contribution in [0.4, 0.5) is 0 Å². The highest BCUT2D eigenvalue weighted by Crippen LogP contribution is 2.39. The van der Waals surface area contributed by atoms with Crippen molar-refractivity contribution in [2.75, 3.05) is 21.3 Å². The first-order chi connectivity index (χ1) is 8.58. The van der Waals surface area contributed by atoms with Gasteiger partial charge in [0.25, 0.3) is 0 Å². The van der Waals surface area contributed by atoms with E-state index in [9.17, 15) is 5.11 Å². The third-order valence-corrected chi connectivity index (χ3v) is 2.90. The molecular formula is C13H21NO4.